The molecule has 0 amide bonds. The summed E-state index contributed by atoms with van der Waals surface area (Å²) in [6.45, 7) is 0. The maximum absolute atomic E-state index is 10.3. The molecule has 0 saturated heterocycles. The van der Waals surface area contributed by atoms with E-state index < -0.39 is 23.5 Å². The Morgan fingerprint density at radius 1 is 0.875 bits per heavy atom. The number of rotatable bonds is 6. The molecule has 0 aliphatic heterocycles. The van der Waals surface area contributed by atoms with E-state index in [1.165, 1.54) is 0 Å². The van der Waals surface area contributed by atoms with Crippen LogP contribution in [0.1, 0.15) is 12.8 Å². The summed E-state index contributed by atoms with van der Waals surface area (Å²) in [6.07, 6.45) is 0.714. The first-order chi connectivity index (χ1) is 7.36. The monoisotopic (exact) mass is 360 g/mol. The van der Waals surface area contributed by atoms with Crippen LogP contribution in [0.5, 0.6) is 0 Å². The second kappa shape index (κ2) is 10.7. The van der Waals surface area contributed by atoms with E-state index in [1.807, 2.05) is 0 Å². The summed E-state index contributed by atoms with van der Waals surface area (Å²) < 4.78 is 0. The Balaban J connectivity index is 0. The zero-order valence-electron chi connectivity index (χ0n) is 8.11. The number of ketones is 2. The highest BCUT2D eigenvalue weighted by Gasteiger charge is 2.08. The van der Waals surface area contributed by atoms with Gasteiger partial charge >= 0.3 is 11.9 Å². The lowest BCUT2D eigenvalue weighted by Crippen LogP contribution is -2.12. The molecule has 0 saturated carbocycles. The summed E-state index contributed by atoms with van der Waals surface area (Å²) in [7, 11) is 0. The molecule has 0 fully saturated rings. The molecular formula is C8H10Br2O6. The average molecular weight is 362 g/mol. The number of carbonyl (C=O) groups is 4. The van der Waals surface area contributed by atoms with Crippen LogP contribution in [0.2, 0.25) is 0 Å². The largest absolute Gasteiger partial charge is 0.476 e. The van der Waals surface area contributed by atoms with Crippen LogP contribution < -0.4 is 0 Å². The minimum absolute atomic E-state index is 0.109. The van der Waals surface area contributed by atoms with Gasteiger partial charge < -0.3 is 10.2 Å². The van der Waals surface area contributed by atoms with Gasteiger partial charge in [-0.05, 0) is 6.42 Å². The van der Waals surface area contributed by atoms with Gasteiger partial charge in [-0.3, -0.25) is 9.59 Å². The van der Waals surface area contributed by atoms with Crippen molar-refractivity contribution in [2.75, 3.05) is 10.7 Å². The Morgan fingerprint density at radius 3 is 1.50 bits per heavy atom. The summed E-state index contributed by atoms with van der Waals surface area (Å²) in [5.74, 6) is -4.26. The number of carboxylic acids is 2. The highest BCUT2D eigenvalue weighted by atomic mass is 79.9. The first-order valence-corrected chi connectivity index (χ1v) is 6.25. The second-order valence-electron chi connectivity index (χ2n) is 2.38. The van der Waals surface area contributed by atoms with Crippen molar-refractivity contribution < 1.29 is 29.4 Å². The van der Waals surface area contributed by atoms with E-state index >= 15 is 0 Å². The predicted molar refractivity (Wildman–Crippen MR) is 62.1 cm³/mol. The second-order valence-corrected chi connectivity index (χ2v) is 3.74. The van der Waals surface area contributed by atoms with Gasteiger partial charge in [0.2, 0.25) is 11.6 Å². The highest BCUT2D eigenvalue weighted by Crippen LogP contribution is 1.94. The van der Waals surface area contributed by atoms with E-state index in [0.717, 1.165) is 0 Å². The Hall–Kier alpha value is -0.760. The number of alkyl halides is 2. The fourth-order valence-corrected chi connectivity index (χ4v) is 0.912. The van der Waals surface area contributed by atoms with Crippen LogP contribution >= 0.6 is 31.9 Å². The molecule has 0 rings (SSSR count). The molecule has 2 N–H and O–H groups in total. The molecule has 0 radical (unpaired) electrons. The van der Waals surface area contributed by atoms with Crippen molar-refractivity contribution in [3.05, 3.63) is 0 Å². The van der Waals surface area contributed by atoms with Gasteiger partial charge in [0.05, 0.1) is 5.33 Å². The first-order valence-electron chi connectivity index (χ1n) is 4.01. The van der Waals surface area contributed by atoms with Crippen LogP contribution in [0, 0.1) is 0 Å². The number of hydrogen-bond donors (Lipinski definition) is 2. The molecule has 0 aromatic carbocycles. The Kier molecular flexibility index (Phi) is 11.8. The summed E-state index contributed by atoms with van der Waals surface area (Å²) in [5.41, 5.74) is 0. The molecule has 0 atom stereocenters. The Bertz CT molecular complexity index is 276. The van der Waals surface area contributed by atoms with Gasteiger partial charge in [-0.25, -0.2) is 9.59 Å². The quantitative estimate of drug-likeness (QED) is 0.536. The van der Waals surface area contributed by atoms with Gasteiger partial charge in [-0.15, -0.1) is 0 Å². The number of Topliss-reactive ketones (excluding diaryl/α,β-unsaturated/α-hetero) is 2. The lowest BCUT2D eigenvalue weighted by molar-refractivity contribution is -0.149. The van der Waals surface area contributed by atoms with Gasteiger partial charge in [0.1, 0.15) is 0 Å². The smallest absolute Gasteiger partial charge is 0.373 e. The third-order valence-electron chi connectivity index (χ3n) is 1.14. The standard InChI is InChI=1S/C5H7BrO3.C3H3BrO3/c6-3-1-2-4(7)5(8)9;4-1-2(5)3(6)7/h1-3H2,(H,8,9);1H2,(H,6,7). The summed E-state index contributed by atoms with van der Waals surface area (Å²) in [4.78, 5) is 39.5. The lowest BCUT2D eigenvalue weighted by Gasteiger charge is -1.88. The zero-order valence-corrected chi connectivity index (χ0v) is 11.3. The third kappa shape index (κ3) is 11.3. The van der Waals surface area contributed by atoms with Crippen molar-refractivity contribution in [2.24, 2.45) is 0 Å². The van der Waals surface area contributed by atoms with Gasteiger partial charge in [-0.2, -0.15) is 0 Å². The van der Waals surface area contributed by atoms with Crippen molar-refractivity contribution in [1.29, 1.82) is 0 Å². The zero-order chi connectivity index (χ0) is 13.1. The molecule has 6 nitrogen and oxygen atoms in total. The predicted octanol–water partition coefficient (Wildman–Crippen LogP) is 0.850. The van der Waals surface area contributed by atoms with Crippen LogP contribution in [-0.4, -0.2) is 44.4 Å². The van der Waals surface area contributed by atoms with Crippen molar-refractivity contribution in [3.63, 3.8) is 0 Å². The Morgan fingerprint density at radius 2 is 1.31 bits per heavy atom. The fourth-order valence-electron chi connectivity index (χ4n) is 0.391. The van der Waals surface area contributed by atoms with Gasteiger partial charge in [0, 0.05) is 11.8 Å². The van der Waals surface area contributed by atoms with E-state index in [2.05, 4.69) is 31.9 Å². The molecule has 0 unspecified atom stereocenters. The SMILES string of the molecule is O=C(O)C(=O)CBr.O=C(O)C(=O)CCCBr. The number of aliphatic carboxylic acids is 2. The lowest BCUT2D eigenvalue weighted by atomic mass is 10.2. The van der Waals surface area contributed by atoms with Gasteiger partial charge in [0.15, 0.2) is 0 Å². The number of halogens is 2. The maximum Gasteiger partial charge on any atom is 0.373 e. The van der Waals surface area contributed by atoms with Crippen LogP contribution in [0.3, 0.4) is 0 Å². The van der Waals surface area contributed by atoms with E-state index in [4.69, 9.17) is 10.2 Å². The van der Waals surface area contributed by atoms with E-state index in [1.54, 1.807) is 0 Å². The van der Waals surface area contributed by atoms with Crippen molar-refractivity contribution in [2.45, 2.75) is 12.8 Å². The average Bonchev–Trinajstić information content (AvgIpc) is 2.25. The normalized spacial score (nSPS) is 8.62. The molecule has 8 heteroatoms. The summed E-state index contributed by atoms with van der Waals surface area (Å²) in [5, 5.41) is 16.4. The van der Waals surface area contributed by atoms with Crippen molar-refractivity contribution in [1.82, 2.24) is 0 Å². The molecule has 16 heavy (non-hydrogen) atoms. The van der Waals surface area contributed by atoms with Crippen LogP contribution in [-0.2, 0) is 19.2 Å². The van der Waals surface area contributed by atoms with Gasteiger partial charge in [-0.1, -0.05) is 31.9 Å². The van der Waals surface area contributed by atoms with Crippen LogP contribution in [0.25, 0.3) is 0 Å². The molecule has 92 valence electrons. The van der Waals surface area contributed by atoms with Crippen LogP contribution in [0.4, 0.5) is 0 Å². The van der Waals surface area contributed by atoms with Crippen molar-refractivity contribution in [3.8, 4) is 0 Å². The maximum atomic E-state index is 10.3. The van der Waals surface area contributed by atoms with Crippen molar-refractivity contribution >= 4 is 55.4 Å². The van der Waals surface area contributed by atoms with E-state index in [0.29, 0.717) is 11.8 Å². The molecule has 0 aliphatic carbocycles. The Labute approximate surface area is 108 Å². The molecule has 0 aromatic rings. The topological polar surface area (TPSA) is 109 Å². The summed E-state index contributed by atoms with van der Waals surface area (Å²) >= 11 is 5.77. The van der Waals surface area contributed by atoms with E-state index in [9.17, 15) is 19.2 Å². The summed E-state index contributed by atoms with van der Waals surface area (Å²) in [6, 6.07) is 0. The number of carbonyl (C=O) groups excluding carboxylic acids is 2. The molecule has 0 bridgehead atoms. The molecule has 0 aromatic heterocycles. The van der Waals surface area contributed by atoms with Gasteiger partial charge in [0.25, 0.3) is 0 Å². The molecular weight excluding hydrogens is 352 g/mol. The first kappa shape index (κ1) is 17.6. The molecule has 0 aliphatic rings. The highest BCUT2D eigenvalue weighted by molar-refractivity contribution is 9.09. The minimum Gasteiger partial charge on any atom is -0.476 e. The van der Waals surface area contributed by atoms with E-state index in [-0.39, 0.29) is 11.8 Å². The molecule has 0 spiro atoms. The number of carboxylic acid groups (broad SMARTS) is 2. The van der Waals surface area contributed by atoms with Crippen LogP contribution in [0.15, 0.2) is 0 Å². The minimum atomic E-state index is -1.39. The fraction of sp³-hybridized carbons (Fsp3) is 0.500. The molecule has 0 heterocycles. The number of hydrogen-bond acceptors (Lipinski definition) is 4. The third-order valence-corrected chi connectivity index (χ3v) is 2.21.